The highest BCUT2D eigenvalue weighted by molar-refractivity contribution is 9.10. The maximum Gasteiger partial charge on any atom is 0.199 e. The van der Waals surface area contributed by atoms with Crippen LogP contribution < -0.4 is 10.9 Å². The number of rotatable bonds is 1. The molecule has 0 atom stereocenters. The van der Waals surface area contributed by atoms with Crippen LogP contribution in [0.2, 0.25) is 0 Å². The zero-order valence-corrected chi connectivity index (χ0v) is 16.5. The van der Waals surface area contributed by atoms with E-state index in [0.717, 1.165) is 28.7 Å². The number of nitriles is 1. The predicted molar refractivity (Wildman–Crippen MR) is 113 cm³/mol. The second kappa shape index (κ2) is 6.47. The van der Waals surface area contributed by atoms with E-state index in [1.165, 1.54) is 0 Å². The van der Waals surface area contributed by atoms with E-state index < -0.39 is 0 Å². The van der Waals surface area contributed by atoms with Crippen molar-refractivity contribution in [3.8, 4) is 17.3 Å². The van der Waals surface area contributed by atoms with Gasteiger partial charge in [0.25, 0.3) is 0 Å². The van der Waals surface area contributed by atoms with Crippen LogP contribution in [0.25, 0.3) is 32.8 Å². The van der Waals surface area contributed by atoms with Crippen molar-refractivity contribution in [3.63, 3.8) is 0 Å². The zero-order chi connectivity index (χ0) is 19.3. The monoisotopic (exact) mass is 430 g/mol. The molecule has 0 radical (unpaired) electrons. The highest BCUT2D eigenvalue weighted by atomic mass is 79.9. The summed E-state index contributed by atoms with van der Waals surface area (Å²) in [6.07, 6.45) is 4.33. The van der Waals surface area contributed by atoms with Gasteiger partial charge in [0.1, 0.15) is 11.6 Å². The molecule has 1 aliphatic heterocycles. The molecular weight excluding hydrogens is 416 g/mol. The van der Waals surface area contributed by atoms with E-state index >= 15 is 0 Å². The third kappa shape index (κ3) is 2.44. The molecule has 2 aromatic carbocycles. The van der Waals surface area contributed by atoms with E-state index in [-0.39, 0.29) is 5.43 Å². The number of aromatic nitrogens is 2. The number of H-pyrrole nitrogens is 1. The van der Waals surface area contributed by atoms with Gasteiger partial charge in [0.15, 0.2) is 5.43 Å². The van der Waals surface area contributed by atoms with Gasteiger partial charge in [-0.3, -0.25) is 9.79 Å². The van der Waals surface area contributed by atoms with E-state index in [0.29, 0.717) is 39.1 Å². The standard InChI is InChI=1S/C22H15BrN4O/c23-14-4-2-13(3-5-14)19-10-16-17(11-24)15-6-8-25-12-18(15)21(28)20(16)22-26-7-1-9-27(19)22/h2-6,8,10,12,25H,1,7,9H2. The van der Waals surface area contributed by atoms with Crippen LogP contribution in [0.3, 0.4) is 0 Å². The molecule has 4 aromatic rings. The fourth-order valence-electron chi connectivity index (χ4n) is 3.98. The summed E-state index contributed by atoms with van der Waals surface area (Å²) in [6.45, 7) is 1.47. The summed E-state index contributed by atoms with van der Waals surface area (Å²) in [7, 11) is 0. The largest absolute Gasteiger partial charge is 0.367 e. The Morgan fingerprint density at radius 1 is 1.14 bits per heavy atom. The van der Waals surface area contributed by atoms with Crippen LogP contribution in [0.15, 0.2) is 63.1 Å². The molecule has 5 rings (SSSR count). The second-order valence-corrected chi connectivity index (χ2v) is 7.74. The molecule has 136 valence electrons. The molecule has 0 fully saturated rings. The molecule has 28 heavy (non-hydrogen) atoms. The summed E-state index contributed by atoms with van der Waals surface area (Å²) in [5.74, 6) is 0. The van der Waals surface area contributed by atoms with Crippen LogP contribution in [-0.2, 0) is 6.54 Å². The first-order chi connectivity index (χ1) is 13.7. The van der Waals surface area contributed by atoms with Crippen molar-refractivity contribution >= 4 is 37.5 Å². The molecule has 0 bridgehead atoms. The van der Waals surface area contributed by atoms with Crippen molar-refractivity contribution in [2.45, 2.75) is 13.0 Å². The molecule has 0 spiro atoms. The number of aromatic amines is 1. The van der Waals surface area contributed by atoms with Crippen molar-refractivity contribution < 1.29 is 0 Å². The van der Waals surface area contributed by atoms with E-state index in [1.807, 2.05) is 30.3 Å². The molecule has 0 aliphatic carbocycles. The van der Waals surface area contributed by atoms with Crippen LogP contribution in [0.4, 0.5) is 0 Å². The first-order valence-corrected chi connectivity index (χ1v) is 9.85. The minimum atomic E-state index is -0.0855. The third-order valence-corrected chi connectivity index (χ3v) is 5.78. The van der Waals surface area contributed by atoms with Crippen molar-refractivity contribution in [3.05, 3.63) is 74.5 Å². The van der Waals surface area contributed by atoms with Crippen LogP contribution in [0.1, 0.15) is 12.0 Å². The highest BCUT2D eigenvalue weighted by Crippen LogP contribution is 2.28. The molecule has 0 unspecified atom stereocenters. The van der Waals surface area contributed by atoms with Crippen molar-refractivity contribution in [1.29, 1.82) is 5.26 Å². The van der Waals surface area contributed by atoms with Gasteiger partial charge < -0.3 is 9.55 Å². The lowest BCUT2D eigenvalue weighted by atomic mass is 9.96. The lowest BCUT2D eigenvalue weighted by molar-refractivity contribution is 0.582. The fraction of sp³-hybridized carbons (Fsp3) is 0.136. The number of nitrogens with zero attached hydrogens (tertiary/aromatic N) is 3. The Kier molecular flexibility index (Phi) is 3.92. The van der Waals surface area contributed by atoms with Crippen LogP contribution in [0, 0.1) is 11.3 Å². The van der Waals surface area contributed by atoms with Gasteiger partial charge in [-0.15, -0.1) is 0 Å². The Balaban J connectivity index is 2.03. The topological polar surface area (TPSA) is 73.9 Å². The normalized spacial score (nSPS) is 13.1. The van der Waals surface area contributed by atoms with Crippen LogP contribution >= 0.6 is 15.9 Å². The highest BCUT2D eigenvalue weighted by Gasteiger charge is 2.19. The second-order valence-electron chi connectivity index (χ2n) is 6.82. The molecule has 2 aromatic heterocycles. The van der Waals surface area contributed by atoms with Gasteiger partial charge in [-0.2, -0.15) is 5.26 Å². The molecule has 1 aliphatic rings. The number of halogens is 1. The number of benzene rings is 2. The smallest absolute Gasteiger partial charge is 0.199 e. The van der Waals surface area contributed by atoms with Crippen molar-refractivity contribution in [1.82, 2.24) is 9.55 Å². The quantitative estimate of drug-likeness (QED) is 0.461. The number of hydrogen-bond donors (Lipinski definition) is 1. The van der Waals surface area contributed by atoms with E-state index in [1.54, 1.807) is 18.5 Å². The Labute approximate surface area is 168 Å². The minimum Gasteiger partial charge on any atom is -0.367 e. The zero-order valence-electron chi connectivity index (χ0n) is 14.9. The van der Waals surface area contributed by atoms with Gasteiger partial charge in [-0.25, -0.2) is 0 Å². The van der Waals surface area contributed by atoms with Gasteiger partial charge in [0.05, 0.1) is 16.6 Å². The lowest BCUT2D eigenvalue weighted by Crippen LogP contribution is -2.31. The Hall–Kier alpha value is -3.17. The summed E-state index contributed by atoms with van der Waals surface area (Å²) >= 11 is 3.48. The molecular formula is C22H15BrN4O. The minimum absolute atomic E-state index is 0.0855. The number of nitrogens with one attached hydrogen (secondary N) is 1. The maximum absolute atomic E-state index is 13.3. The van der Waals surface area contributed by atoms with Gasteiger partial charge in [-0.05, 0) is 36.2 Å². The average Bonchev–Trinajstić information content (AvgIpc) is 2.74. The maximum atomic E-state index is 13.3. The predicted octanol–water partition coefficient (Wildman–Crippen LogP) is 4.09. The summed E-state index contributed by atoms with van der Waals surface area (Å²) in [5, 5.41) is 12.3. The Bertz CT molecular complexity index is 1420. The molecule has 5 nitrogen and oxygen atoms in total. The third-order valence-electron chi connectivity index (χ3n) is 5.25. The SMILES string of the molecule is N#Cc1c2cc[nH]cc2c(=O)c2c3n(c(-c4ccc(Br)cc4)cc12)CCCN=3. The van der Waals surface area contributed by atoms with Crippen molar-refractivity contribution in [2.75, 3.05) is 6.54 Å². The molecule has 3 heterocycles. The van der Waals surface area contributed by atoms with Gasteiger partial charge in [-0.1, -0.05) is 28.1 Å². The summed E-state index contributed by atoms with van der Waals surface area (Å²) in [5.41, 5.74) is 3.10. The van der Waals surface area contributed by atoms with Gasteiger partial charge in [0.2, 0.25) is 0 Å². The lowest BCUT2D eigenvalue weighted by Gasteiger charge is -2.20. The molecule has 0 saturated heterocycles. The summed E-state index contributed by atoms with van der Waals surface area (Å²) in [4.78, 5) is 21.0. The Morgan fingerprint density at radius 3 is 2.75 bits per heavy atom. The molecule has 0 saturated carbocycles. The van der Waals surface area contributed by atoms with Crippen molar-refractivity contribution in [2.24, 2.45) is 4.99 Å². The summed E-state index contributed by atoms with van der Waals surface area (Å²) in [6, 6.07) is 14.1. The van der Waals surface area contributed by atoms with E-state index in [4.69, 9.17) is 4.99 Å². The number of hydrogen-bond acceptors (Lipinski definition) is 3. The molecule has 0 amide bonds. The van der Waals surface area contributed by atoms with Gasteiger partial charge >= 0.3 is 0 Å². The molecule has 6 heteroatoms. The first kappa shape index (κ1) is 17.0. The number of fused-ring (bicyclic) bond motifs is 4. The first-order valence-electron chi connectivity index (χ1n) is 9.06. The van der Waals surface area contributed by atoms with E-state index in [9.17, 15) is 10.1 Å². The van der Waals surface area contributed by atoms with Crippen LogP contribution in [-0.4, -0.2) is 16.1 Å². The fourth-order valence-corrected chi connectivity index (χ4v) is 4.24. The average molecular weight is 431 g/mol. The van der Waals surface area contributed by atoms with Gasteiger partial charge in [0, 0.05) is 46.1 Å². The van der Waals surface area contributed by atoms with E-state index in [2.05, 4.69) is 31.6 Å². The summed E-state index contributed by atoms with van der Waals surface area (Å²) < 4.78 is 3.11. The molecule has 1 N–H and O–H groups in total. The Morgan fingerprint density at radius 2 is 1.96 bits per heavy atom. The van der Waals surface area contributed by atoms with Crippen LogP contribution in [0.5, 0.6) is 0 Å². The number of pyridine rings is 2.